The number of hydrogen-bond donors (Lipinski definition) is 0. The van der Waals surface area contributed by atoms with Gasteiger partial charge in [0.1, 0.15) is 0 Å². The van der Waals surface area contributed by atoms with Crippen LogP contribution in [0.3, 0.4) is 0 Å². The van der Waals surface area contributed by atoms with Crippen molar-refractivity contribution in [3.63, 3.8) is 0 Å². The first-order valence-electron chi connectivity index (χ1n) is 1.65. The van der Waals surface area contributed by atoms with Crippen molar-refractivity contribution < 1.29 is 65.0 Å². The third-order valence-corrected chi connectivity index (χ3v) is 1.92. The molecule has 3 nitrogen and oxygen atoms in total. The molecule has 46 valence electrons. The van der Waals surface area contributed by atoms with Gasteiger partial charge in [0.15, 0.2) is 0 Å². The summed E-state index contributed by atoms with van der Waals surface area (Å²) >= 11 is 4.51. The van der Waals surface area contributed by atoms with Crippen LogP contribution in [0.25, 0.3) is 0 Å². The quantitative estimate of drug-likeness (QED) is 0.451. The number of rotatable bonds is 2. The normalized spacial score (nSPS) is 10.2. The van der Waals surface area contributed by atoms with E-state index in [1.807, 2.05) is 0 Å². The standard InChI is InChI=1S/C2H5ClO3S.K.H/c1-2-7(4,5)6-3;;/h2H2,1H3;;/q;+1;-1. The van der Waals surface area contributed by atoms with Gasteiger partial charge in [-0.3, -0.25) is 0 Å². The van der Waals surface area contributed by atoms with Crippen molar-refractivity contribution >= 4 is 22.0 Å². The Kier molecular flexibility index (Phi) is 8.77. The average Bonchev–Trinajstić information content (AvgIpc) is 1.68. The Hall–Kier alpha value is 1.84. The van der Waals surface area contributed by atoms with Crippen molar-refractivity contribution in [3.05, 3.63) is 0 Å². The molecule has 0 rings (SSSR count). The van der Waals surface area contributed by atoms with Crippen LogP contribution in [0, 0.1) is 0 Å². The Bertz CT molecular complexity index is 125. The average molecular weight is 185 g/mol. The first-order valence-corrected chi connectivity index (χ1v) is 3.54. The summed E-state index contributed by atoms with van der Waals surface area (Å²) in [4.78, 5) is 0. The first-order chi connectivity index (χ1) is 3.12. The molecule has 0 saturated heterocycles. The molecule has 0 amide bonds. The van der Waals surface area contributed by atoms with Crippen molar-refractivity contribution in [2.75, 3.05) is 5.75 Å². The molecule has 0 heterocycles. The summed E-state index contributed by atoms with van der Waals surface area (Å²) in [5.41, 5.74) is 0. The van der Waals surface area contributed by atoms with Gasteiger partial charge >= 0.3 is 51.4 Å². The van der Waals surface area contributed by atoms with E-state index in [2.05, 4.69) is 15.6 Å². The Morgan fingerprint density at radius 2 is 2.12 bits per heavy atom. The molecule has 0 aromatic heterocycles. The topological polar surface area (TPSA) is 43.4 Å². The molecule has 0 aliphatic carbocycles. The summed E-state index contributed by atoms with van der Waals surface area (Å²) in [6, 6.07) is 0. The van der Waals surface area contributed by atoms with Crippen LogP contribution >= 0.6 is 11.9 Å². The van der Waals surface area contributed by atoms with Gasteiger partial charge in [-0.1, -0.05) is 0 Å². The molecule has 8 heavy (non-hydrogen) atoms. The van der Waals surface area contributed by atoms with Gasteiger partial charge in [0, 0.05) is 0 Å². The van der Waals surface area contributed by atoms with Crippen LogP contribution in [0.4, 0.5) is 0 Å². The molecule has 6 heteroatoms. The SMILES string of the molecule is CCS(=O)(=O)OCl.[H-].[K+]. The molecule has 0 bridgehead atoms. The van der Waals surface area contributed by atoms with Gasteiger partial charge in [-0.2, -0.15) is 12.2 Å². The zero-order valence-corrected chi connectivity index (χ0v) is 9.41. The summed E-state index contributed by atoms with van der Waals surface area (Å²) in [7, 11) is -3.39. The van der Waals surface area contributed by atoms with Crippen LogP contribution in [-0.2, 0) is 13.9 Å². The third kappa shape index (κ3) is 5.96. The van der Waals surface area contributed by atoms with Crippen LogP contribution in [0.5, 0.6) is 0 Å². The summed E-state index contributed by atoms with van der Waals surface area (Å²) in [5.74, 6) is -0.0868. The molecule has 0 unspecified atom stereocenters. The Morgan fingerprint density at radius 1 is 1.75 bits per heavy atom. The van der Waals surface area contributed by atoms with Crippen LogP contribution in [-0.4, -0.2) is 14.2 Å². The monoisotopic (exact) mass is 184 g/mol. The number of halogens is 1. The van der Waals surface area contributed by atoms with Crippen LogP contribution in [0.1, 0.15) is 8.35 Å². The molecule has 0 aliphatic rings. The second-order valence-corrected chi connectivity index (χ2v) is 3.11. The minimum atomic E-state index is -3.39. The van der Waals surface area contributed by atoms with E-state index >= 15 is 0 Å². The van der Waals surface area contributed by atoms with Crippen LogP contribution in [0.2, 0.25) is 0 Å². The Balaban J connectivity index is -0.000000180. The molecule has 0 atom stereocenters. The van der Waals surface area contributed by atoms with E-state index < -0.39 is 10.1 Å². The first kappa shape index (κ1) is 12.5. The van der Waals surface area contributed by atoms with E-state index in [9.17, 15) is 8.42 Å². The largest absolute Gasteiger partial charge is 1.00 e. The summed E-state index contributed by atoms with van der Waals surface area (Å²) in [6.07, 6.45) is 0. The molecule has 0 spiro atoms. The van der Waals surface area contributed by atoms with Gasteiger partial charge < -0.3 is 1.43 Å². The van der Waals surface area contributed by atoms with Crippen molar-refractivity contribution in [2.45, 2.75) is 6.92 Å². The molecule has 0 N–H and O–H groups in total. The molecule has 0 aromatic rings. The fourth-order valence-corrected chi connectivity index (χ4v) is 0.401. The van der Waals surface area contributed by atoms with E-state index in [0.717, 1.165) is 0 Å². The van der Waals surface area contributed by atoms with Gasteiger partial charge in [-0.05, 0) is 6.92 Å². The maximum Gasteiger partial charge on any atom is 1.00 e. The Morgan fingerprint density at radius 3 is 2.12 bits per heavy atom. The van der Waals surface area contributed by atoms with E-state index in [0.29, 0.717) is 0 Å². The fraction of sp³-hybridized carbons (Fsp3) is 1.00. The number of hydrogen-bond acceptors (Lipinski definition) is 3. The molecule has 0 aromatic carbocycles. The maximum atomic E-state index is 10.0. The van der Waals surface area contributed by atoms with Crippen molar-refractivity contribution in [3.8, 4) is 0 Å². The molecule has 0 fully saturated rings. The second-order valence-electron chi connectivity index (χ2n) is 0.909. The van der Waals surface area contributed by atoms with Gasteiger partial charge in [-0.25, -0.2) is 0 Å². The summed E-state index contributed by atoms with van der Waals surface area (Å²) in [5, 5.41) is 0. The predicted molar refractivity (Wildman–Crippen MR) is 27.5 cm³/mol. The zero-order valence-electron chi connectivity index (χ0n) is 5.72. The second kappa shape index (κ2) is 5.61. The van der Waals surface area contributed by atoms with Gasteiger partial charge in [0.2, 0.25) is 0 Å². The van der Waals surface area contributed by atoms with Crippen molar-refractivity contribution in [1.29, 1.82) is 0 Å². The van der Waals surface area contributed by atoms with Crippen molar-refractivity contribution in [1.82, 2.24) is 0 Å². The molecular formula is C2H6ClKO3S. The smallest absolute Gasteiger partial charge is 1.00 e. The zero-order chi connectivity index (χ0) is 5.91. The van der Waals surface area contributed by atoms with E-state index in [-0.39, 0.29) is 58.6 Å². The fourth-order valence-electron chi connectivity index (χ4n) is 0.0445. The maximum absolute atomic E-state index is 10.0. The van der Waals surface area contributed by atoms with Gasteiger partial charge in [-0.15, -0.1) is 0 Å². The van der Waals surface area contributed by atoms with Gasteiger partial charge in [0.05, 0.1) is 17.6 Å². The summed E-state index contributed by atoms with van der Waals surface area (Å²) < 4.78 is 23.6. The minimum Gasteiger partial charge on any atom is -1.00 e. The van der Waals surface area contributed by atoms with Crippen LogP contribution < -0.4 is 51.4 Å². The molecule has 0 aliphatic heterocycles. The molecule has 0 radical (unpaired) electrons. The predicted octanol–water partition coefficient (Wildman–Crippen LogP) is -2.38. The third-order valence-electron chi connectivity index (χ3n) is 0.450. The van der Waals surface area contributed by atoms with Gasteiger partial charge in [0.25, 0.3) is 10.1 Å². The van der Waals surface area contributed by atoms with Crippen LogP contribution in [0.15, 0.2) is 0 Å². The summed E-state index contributed by atoms with van der Waals surface area (Å²) in [6.45, 7) is 1.44. The van der Waals surface area contributed by atoms with Crippen molar-refractivity contribution in [2.24, 2.45) is 0 Å². The van der Waals surface area contributed by atoms with E-state index in [1.54, 1.807) is 0 Å². The van der Waals surface area contributed by atoms with E-state index in [4.69, 9.17) is 0 Å². The van der Waals surface area contributed by atoms with E-state index in [1.165, 1.54) is 6.92 Å². The molecule has 0 saturated carbocycles. The Labute approximate surface area is 97.9 Å². The minimum absolute atomic E-state index is 0. The molecular weight excluding hydrogens is 179 g/mol.